The first kappa shape index (κ1) is 10.1. The summed E-state index contributed by atoms with van der Waals surface area (Å²) in [6.45, 7) is 4.10. The van der Waals surface area contributed by atoms with Crippen molar-refractivity contribution < 1.29 is 24.0 Å². The molecule has 1 rings (SSSR count). The second kappa shape index (κ2) is 4.11. The molecular formula is C8H13LiO. The molecule has 0 aromatic heterocycles. The number of hydrogen-bond donors (Lipinski definition) is 0. The van der Waals surface area contributed by atoms with E-state index in [9.17, 15) is 5.11 Å². The Hall–Kier alpha value is 0.137. The van der Waals surface area contributed by atoms with E-state index in [1.54, 1.807) is 0 Å². The molecule has 0 saturated heterocycles. The number of allylic oxidation sites excluding steroid dienone is 2. The van der Waals surface area contributed by atoms with Gasteiger partial charge in [0.2, 0.25) is 0 Å². The molecule has 1 unspecified atom stereocenters. The molecule has 0 heterocycles. The van der Waals surface area contributed by atoms with Crippen molar-refractivity contribution in [3.63, 3.8) is 0 Å². The topological polar surface area (TPSA) is 23.1 Å². The van der Waals surface area contributed by atoms with E-state index in [0.29, 0.717) is 11.7 Å². The van der Waals surface area contributed by atoms with Crippen LogP contribution in [0.25, 0.3) is 0 Å². The minimum atomic E-state index is 0. The molecule has 0 N–H and O–H groups in total. The van der Waals surface area contributed by atoms with Crippen LogP contribution in [0.2, 0.25) is 0 Å². The van der Waals surface area contributed by atoms with Crippen molar-refractivity contribution in [1.82, 2.24) is 0 Å². The van der Waals surface area contributed by atoms with Crippen LogP contribution in [0.3, 0.4) is 0 Å². The van der Waals surface area contributed by atoms with Crippen molar-refractivity contribution in [2.75, 3.05) is 0 Å². The summed E-state index contributed by atoms with van der Waals surface area (Å²) in [7, 11) is 0. The summed E-state index contributed by atoms with van der Waals surface area (Å²) in [6, 6.07) is 0. The average Bonchev–Trinajstić information content (AvgIpc) is 1.83. The Balaban J connectivity index is 0.000000810. The van der Waals surface area contributed by atoms with E-state index in [4.69, 9.17) is 0 Å². The van der Waals surface area contributed by atoms with E-state index in [2.05, 4.69) is 6.92 Å². The molecule has 0 aromatic carbocycles. The van der Waals surface area contributed by atoms with E-state index in [1.807, 2.05) is 6.92 Å². The van der Waals surface area contributed by atoms with Crippen LogP contribution in [0.15, 0.2) is 11.3 Å². The summed E-state index contributed by atoms with van der Waals surface area (Å²) in [5, 5.41) is 11.0. The summed E-state index contributed by atoms with van der Waals surface area (Å²) in [4.78, 5) is 0. The Kier molecular flexibility index (Phi) is 4.16. The van der Waals surface area contributed by atoms with Gasteiger partial charge in [0.1, 0.15) is 0 Å². The van der Waals surface area contributed by atoms with Crippen molar-refractivity contribution in [3.05, 3.63) is 11.3 Å². The van der Waals surface area contributed by atoms with Crippen LogP contribution in [0.5, 0.6) is 0 Å². The fourth-order valence-corrected chi connectivity index (χ4v) is 1.26. The van der Waals surface area contributed by atoms with E-state index < -0.39 is 0 Å². The molecule has 0 aliphatic heterocycles. The quantitative estimate of drug-likeness (QED) is 0.366. The third-order valence-corrected chi connectivity index (χ3v) is 2.22. The minimum absolute atomic E-state index is 0. The van der Waals surface area contributed by atoms with Crippen molar-refractivity contribution in [2.45, 2.75) is 33.1 Å². The molecular weight excluding hydrogens is 119 g/mol. The molecule has 2 heteroatoms. The van der Waals surface area contributed by atoms with Gasteiger partial charge >= 0.3 is 18.9 Å². The smallest absolute Gasteiger partial charge is 0.875 e. The van der Waals surface area contributed by atoms with Gasteiger partial charge < -0.3 is 5.11 Å². The largest absolute Gasteiger partial charge is 1.00 e. The summed E-state index contributed by atoms with van der Waals surface area (Å²) in [6.07, 6.45) is 3.09. The molecule has 0 spiro atoms. The van der Waals surface area contributed by atoms with Gasteiger partial charge in [-0.25, -0.2) is 0 Å². The maximum Gasteiger partial charge on any atom is 1.00 e. The second-order valence-corrected chi connectivity index (χ2v) is 2.90. The molecule has 10 heavy (non-hydrogen) atoms. The van der Waals surface area contributed by atoms with Crippen molar-refractivity contribution in [2.24, 2.45) is 5.92 Å². The van der Waals surface area contributed by atoms with Gasteiger partial charge in [0.25, 0.3) is 0 Å². The van der Waals surface area contributed by atoms with Crippen molar-refractivity contribution in [3.8, 4) is 0 Å². The van der Waals surface area contributed by atoms with Gasteiger partial charge in [0.15, 0.2) is 0 Å². The standard InChI is InChI=1S/C8H14O.Li/c1-6-4-3-5-8(9)7(6)2;/h6,9H,3-5H2,1-2H3;/q;+1/p-1. The Morgan fingerprint density at radius 2 is 2.10 bits per heavy atom. The minimum Gasteiger partial charge on any atom is -0.875 e. The summed E-state index contributed by atoms with van der Waals surface area (Å²) in [5.74, 6) is 0.931. The molecule has 1 nitrogen and oxygen atoms in total. The van der Waals surface area contributed by atoms with Crippen molar-refractivity contribution in [1.29, 1.82) is 0 Å². The number of hydrogen-bond acceptors (Lipinski definition) is 1. The van der Waals surface area contributed by atoms with Crippen molar-refractivity contribution >= 4 is 0 Å². The van der Waals surface area contributed by atoms with E-state index in [-0.39, 0.29) is 18.9 Å². The van der Waals surface area contributed by atoms with Gasteiger partial charge in [-0.2, -0.15) is 0 Å². The first-order chi connectivity index (χ1) is 4.22. The van der Waals surface area contributed by atoms with Crippen LogP contribution in [0.1, 0.15) is 33.1 Å². The molecule has 0 saturated carbocycles. The summed E-state index contributed by atoms with van der Waals surface area (Å²) < 4.78 is 0. The van der Waals surface area contributed by atoms with E-state index in [0.717, 1.165) is 18.4 Å². The molecule has 1 atom stereocenters. The Labute approximate surface area is 74.7 Å². The van der Waals surface area contributed by atoms with Crippen LogP contribution in [-0.2, 0) is 0 Å². The predicted octanol–water partition coefficient (Wildman–Crippen LogP) is -1.56. The first-order valence-corrected chi connectivity index (χ1v) is 3.58. The maximum absolute atomic E-state index is 11.0. The monoisotopic (exact) mass is 132 g/mol. The molecule has 0 bridgehead atoms. The molecule has 0 radical (unpaired) electrons. The molecule has 1 aliphatic rings. The van der Waals surface area contributed by atoms with Gasteiger partial charge in [0.05, 0.1) is 0 Å². The second-order valence-electron chi connectivity index (χ2n) is 2.90. The summed E-state index contributed by atoms with van der Waals surface area (Å²) in [5.41, 5.74) is 1.08. The first-order valence-electron chi connectivity index (χ1n) is 3.58. The number of rotatable bonds is 0. The van der Waals surface area contributed by atoms with Crippen LogP contribution < -0.4 is 24.0 Å². The normalized spacial score (nSPS) is 26.0. The van der Waals surface area contributed by atoms with Crippen LogP contribution in [0.4, 0.5) is 0 Å². The zero-order valence-corrected chi connectivity index (χ0v) is 7.11. The van der Waals surface area contributed by atoms with Gasteiger partial charge in [-0.1, -0.05) is 12.5 Å². The average molecular weight is 132 g/mol. The van der Waals surface area contributed by atoms with E-state index >= 15 is 0 Å². The molecule has 1 aliphatic carbocycles. The van der Waals surface area contributed by atoms with Crippen LogP contribution in [0, 0.1) is 5.92 Å². The van der Waals surface area contributed by atoms with Gasteiger partial charge in [-0.3, -0.25) is 0 Å². The Morgan fingerprint density at radius 3 is 2.50 bits per heavy atom. The third-order valence-electron chi connectivity index (χ3n) is 2.22. The summed E-state index contributed by atoms with van der Waals surface area (Å²) >= 11 is 0. The zero-order chi connectivity index (χ0) is 6.85. The maximum atomic E-state index is 11.0. The van der Waals surface area contributed by atoms with Crippen LogP contribution in [-0.4, -0.2) is 0 Å². The Bertz CT molecular complexity index is 140. The fraction of sp³-hybridized carbons (Fsp3) is 0.750. The van der Waals surface area contributed by atoms with Crippen LogP contribution >= 0.6 is 0 Å². The molecule has 0 amide bonds. The SMILES string of the molecule is CC1=C([O-])CCCC1C.[Li+]. The van der Waals surface area contributed by atoms with Gasteiger partial charge in [-0.15, -0.1) is 5.76 Å². The zero-order valence-electron chi connectivity index (χ0n) is 7.11. The Morgan fingerprint density at radius 1 is 1.50 bits per heavy atom. The van der Waals surface area contributed by atoms with E-state index in [1.165, 1.54) is 6.42 Å². The fourth-order valence-electron chi connectivity index (χ4n) is 1.26. The van der Waals surface area contributed by atoms with Gasteiger partial charge in [0, 0.05) is 0 Å². The third kappa shape index (κ3) is 2.07. The predicted molar refractivity (Wildman–Crippen MR) is 35.7 cm³/mol. The van der Waals surface area contributed by atoms with Gasteiger partial charge in [-0.05, 0) is 32.1 Å². The molecule has 0 fully saturated rings. The molecule has 52 valence electrons. The molecule has 0 aromatic rings.